The van der Waals surface area contributed by atoms with Crippen LogP contribution in [-0.4, -0.2) is 4.32 Å². The number of hydrogen-bond acceptors (Lipinski definition) is 2. The first-order valence-corrected chi connectivity index (χ1v) is 5.72. The Balaban J connectivity index is 0.00000144. The van der Waals surface area contributed by atoms with Crippen LogP contribution in [0.2, 0.25) is 0 Å². The summed E-state index contributed by atoms with van der Waals surface area (Å²) in [7, 11) is 0. The molecule has 2 rings (SSSR count). The van der Waals surface area contributed by atoms with E-state index < -0.39 is 0 Å². The van der Waals surface area contributed by atoms with Gasteiger partial charge in [0, 0.05) is 11.4 Å². The summed E-state index contributed by atoms with van der Waals surface area (Å²) in [5.41, 5.74) is 1.99. The number of para-hydroxylation sites is 2. The molecular weight excluding hydrogens is 257 g/mol. The molecule has 0 amide bonds. The van der Waals surface area contributed by atoms with E-state index in [-0.39, 0.29) is 29.6 Å². The molecular formula is C13H10NNaS2. The molecule has 0 aliphatic heterocycles. The summed E-state index contributed by atoms with van der Waals surface area (Å²) >= 11 is 10.2. The van der Waals surface area contributed by atoms with Crippen molar-refractivity contribution in [3.8, 4) is 0 Å². The van der Waals surface area contributed by atoms with E-state index in [2.05, 4.69) is 0 Å². The van der Waals surface area contributed by atoms with Gasteiger partial charge in [-0.15, -0.1) is 0 Å². The van der Waals surface area contributed by atoms with E-state index >= 15 is 0 Å². The number of thiocarbonyl (C=S) groups is 1. The Morgan fingerprint density at radius 1 is 0.824 bits per heavy atom. The molecule has 80 valence electrons. The van der Waals surface area contributed by atoms with Gasteiger partial charge < -0.3 is 29.7 Å². The van der Waals surface area contributed by atoms with Gasteiger partial charge in [-0.1, -0.05) is 40.7 Å². The summed E-state index contributed by atoms with van der Waals surface area (Å²) in [5.74, 6) is 0. The molecule has 0 heterocycles. The van der Waals surface area contributed by atoms with E-state index in [1.807, 2.05) is 65.6 Å². The van der Waals surface area contributed by atoms with Crippen LogP contribution < -0.4 is 34.5 Å². The minimum Gasteiger partial charge on any atom is -0.411 e. The maximum Gasteiger partial charge on any atom is 1.00 e. The molecule has 0 bridgehead atoms. The Morgan fingerprint density at radius 3 is 1.47 bits per heavy atom. The molecule has 0 fully saturated rings. The molecule has 0 unspecified atom stereocenters. The molecule has 0 saturated heterocycles. The van der Waals surface area contributed by atoms with E-state index in [4.69, 9.17) is 24.8 Å². The second-order valence-electron chi connectivity index (χ2n) is 3.27. The van der Waals surface area contributed by atoms with Crippen LogP contribution in [0.3, 0.4) is 0 Å². The van der Waals surface area contributed by atoms with Gasteiger partial charge in [0.25, 0.3) is 0 Å². The third-order valence-electron chi connectivity index (χ3n) is 2.21. The zero-order chi connectivity index (χ0) is 11.4. The topological polar surface area (TPSA) is 3.24 Å². The predicted molar refractivity (Wildman–Crippen MR) is 75.0 cm³/mol. The molecule has 17 heavy (non-hydrogen) atoms. The molecule has 0 spiro atoms. The van der Waals surface area contributed by atoms with Crippen molar-refractivity contribution in [1.29, 1.82) is 0 Å². The van der Waals surface area contributed by atoms with Crippen LogP contribution in [-0.2, 0) is 12.6 Å². The van der Waals surface area contributed by atoms with Crippen molar-refractivity contribution in [2.24, 2.45) is 0 Å². The van der Waals surface area contributed by atoms with Crippen LogP contribution in [0.4, 0.5) is 11.4 Å². The summed E-state index contributed by atoms with van der Waals surface area (Å²) in [6, 6.07) is 19.8. The second-order valence-corrected chi connectivity index (χ2v) is 4.30. The summed E-state index contributed by atoms with van der Waals surface area (Å²) in [6.45, 7) is 0. The molecule has 2 aromatic rings. The Labute approximate surface area is 135 Å². The average Bonchev–Trinajstić information content (AvgIpc) is 2.31. The maximum absolute atomic E-state index is 5.12. The van der Waals surface area contributed by atoms with Crippen LogP contribution in [0, 0.1) is 0 Å². The van der Waals surface area contributed by atoms with Crippen molar-refractivity contribution in [2.45, 2.75) is 0 Å². The fourth-order valence-electron chi connectivity index (χ4n) is 1.51. The zero-order valence-corrected chi connectivity index (χ0v) is 13.2. The molecule has 0 atom stereocenters. The quantitative estimate of drug-likeness (QED) is 0.447. The maximum atomic E-state index is 5.12. The summed E-state index contributed by atoms with van der Waals surface area (Å²) in [4.78, 5) is 1.88. The fourth-order valence-corrected chi connectivity index (χ4v) is 1.94. The van der Waals surface area contributed by atoms with Crippen molar-refractivity contribution in [1.82, 2.24) is 0 Å². The van der Waals surface area contributed by atoms with Crippen LogP contribution in [0.25, 0.3) is 0 Å². The van der Waals surface area contributed by atoms with Gasteiger partial charge in [0.1, 0.15) is 0 Å². The van der Waals surface area contributed by atoms with Gasteiger partial charge in [0.15, 0.2) is 0 Å². The zero-order valence-electron chi connectivity index (χ0n) is 9.54. The minimum absolute atomic E-state index is 0. The summed E-state index contributed by atoms with van der Waals surface area (Å²) in [6.07, 6.45) is 0. The van der Waals surface area contributed by atoms with Crippen molar-refractivity contribution in [3.05, 3.63) is 60.7 Å². The second kappa shape index (κ2) is 7.09. The first-order chi connectivity index (χ1) is 7.79. The van der Waals surface area contributed by atoms with Crippen molar-refractivity contribution < 1.29 is 29.6 Å². The van der Waals surface area contributed by atoms with Crippen molar-refractivity contribution in [3.63, 3.8) is 0 Å². The molecule has 0 radical (unpaired) electrons. The largest absolute Gasteiger partial charge is 1.00 e. The molecule has 0 N–H and O–H groups in total. The standard InChI is InChI=1S/C13H11NS2.Na/c15-13(16)14(11-7-3-1-4-8-11)12-9-5-2-6-10-12;/h1-10H,(H,15,16);/q;+1/p-1. The number of hydrogen-bond donors (Lipinski definition) is 0. The molecule has 0 aliphatic carbocycles. The van der Waals surface area contributed by atoms with Gasteiger partial charge in [-0.3, -0.25) is 0 Å². The van der Waals surface area contributed by atoms with E-state index in [0.717, 1.165) is 11.4 Å². The summed E-state index contributed by atoms with van der Waals surface area (Å²) in [5, 5.41) is 0. The molecule has 0 aliphatic rings. The number of benzene rings is 2. The van der Waals surface area contributed by atoms with Gasteiger partial charge in [-0.25, -0.2) is 0 Å². The van der Waals surface area contributed by atoms with E-state index in [1.54, 1.807) is 0 Å². The third kappa shape index (κ3) is 3.76. The van der Waals surface area contributed by atoms with Gasteiger partial charge >= 0.3 is 29.6 Å². The number of rotatable bonds is 2. The number of nitrogens with zero attached hydrogens (tertiary/aromatic N) is 1. The van der Waals surface area contributed by atoms with Gasteiger partial charge in [0.2, 0.25) is 0 Å². The molecule has 1 nitrogen and oxygen atoms in total. The minimum atomic E-state index is 0. The monoisotopic (exact) mass is 267 g/mol. The molecule has 0 aromatic heterocycles. The van der Waals surface area contributed by atoms with Crippen molar-refractivity contribution >= 4 is 40.5 Å². The van der Waals surface area contributed by atoms with Crippen LogP contribution in [0.5, 0.6) is 0 Å². The first-order valence-electron chi connectivity index (χ1n) is 4.90. The Morgan fingerprint density at radius 2 is 1.18 bits per heavy atom. The Hall–Kier alpha value is -0.450. The van der Waals surface area contributed by atoms with Gasteiger partial charge in [-0.05, 0) is 24.3 Å². The summed E-state index contributed by atoms with van der Waals surface area (Å²) < 4.78 is 0.428. The van der Waals surface area contributed by atoms with Gasteiger partial charge in [-0.2, -0.15) is 0 Å². The molecule has 4 heteroatoms. The van der Waals surface area contributed by atoms with Crippen LogP contribution in [0.15, 0.2) is 60.7 Å². The average molecular weight is 267 g/mol. The molecule has 2 aromatic carbocycles. The Kier molecular flexibility index (Phi) is 6.09. The SMILES string of the molecule is S=C([S-])N(c1ccccc1)c1ccccc1.[Na+]. The fraction of sp³-hybridized carbons (Fsp3) is 0. The van der Waals surface area contributed by atoms with Crippen LogP contribution in [0.1, 0.15) is 0 Å². The molecule has 0 saturated carbocycles. The third-order valence-corrected chi connectivity index (χ3v) is 2.58. The predicted octanol–water partition coefficient (Wildman–Crippen LogP) is 0.660. The van der Waals surface area contributed by atoms with Crippen molar-refractivity contribution in [2.75, 3.05) is 4.90 Å². The van der Waals surface area contributed by atoms with E-state index in [9.17, 15) is 0 Å². The Bertz CT molecular complexity index is 434. The normalized spacial score (nSPS) is 9.18. The van der Waals surface area contributed by atoms with E-state index in [0.29, 0.717) is 4.32 Å². The van der Waals surface area contributed by atoms with Gasteiger partial charge in [0.05, 0.1) is 0 Å². The number of anilines is 2. The van der Waals surface area contributed by atoms with E-state index in [1.165, 1.54) is 0 Å². The smallest absolute Gasteiger partial charge is 0.411 e. The first kappa shape index (κ1) is 14.6. The van der Waals surface area contributed by atoms with Crippen LogP contribution >= 0.6 is 12.2 Å².